The van der Waals surface area contributed by atoms with Gasteiger partial charge in [-0.05, 0) is 30.3 Å². The minimum absolute atomic E-state index is 0.0574. The Morgan fingerprint density at radius 3 is 2.90 bits per heavy atom. The average molecular weight is 369 g/mol. The summed E-state index contributed by atoms with van der Waals surface area (Å²) in [6.07, 6.45) is 3.36. The van der Waals surface area contributed by atoms with E-state index in [2.05, 4.69) is 21.2 Å². The molecule has 7 heteroatoms. The Labute approximate surface area is 130 Å². The molecule has 1 aliphatic rings. The molecule has 1 amide bonds. The van der Waals surface area contributed by atoms with Gasteiger partial charge >= 0.3 is 0 Å². The van der Waals surface area contributed by atoms with Gasteiger partial charge in [0, 0.05) is 27.0 Å². The number of hydrogen-bond donors (Lipinski definition) is 1. The van der Waals surface area contributed by atoms with Crippen molar-refractivity contribution < 1.29 is 13.2 Å². The zero-order valence-electron chi connectivity index (χ0n) is 11.0. The summed E-state index contributed by atoms with van der Waals surface area (Å²) in [6.45, 7) is 0.162. The summed E-state index contributed by atoms with van der Waals surface area (Å²) in [7, 11) is -3.15. The van der Waals surface area contributed by atoms with Crippen molar-refractivity contribution in [3.05, 3.63) is 46.4 Å². The number of benzene rings is 1. The predicted molar refractivity (Wildman–Crippen MR) is 84.5 cm³/mol. The summed E-state index contributed by atoms with van der Waals surface area (Å²) < 4.78 is 25.4. The molecule has 0 bridgehead atoms. The van der Waals surface area contributed by atoms with Crippen molar-refractivity contribution in [3.63, 3.8) is 0 Å². The van der Waals surface area contributed by atoms with Crippen molar-refractivity contribution in [2.75, 3.05) is 5.75 Å². The van der Waals surface area contributed by atoms with E-state index in [1.807, 2.05) is 35.0 Å². The number of halogens is 1. The first-order chi connectivity index (χ1) is 9.93. The van der Waals surface area contributed by atoms with E-state index in [4.69, 9.17) is 0 Å². The van der Waals surface area contributed by atoms with Gasteiger partial charge < -0.3 is 9.88 Å². The van der Waals surface area contributed by atoms with E-state index in [9.17, 15) is 13.2 Å². The monoisotopic (exact) mass is 368 g/mol. The number of fused-ring (bicyclic) bond motifs is 1. The zero-order valence-corrected chi connectivity index (χ0v) is 13.4. The van der Waals surface area contributed by atoms with Crippen LogP contribution >= 0.6 is 15.9 Å². The molecular formula is C14H13BrN2O3S. The number of hydrogen-bond acceptors (Lipinski definition) is 3. The van der Waals surface area contributed by atoms with Crippen molar-refractivity contribution in [1.29, 1.82) is 0 Å². The number of carbonyl (C=O) groups excluding carboxylic acids is 1. The molecule has 0 aliphatic carbocycles. The quantitative estimate of drug-likeness (QED) is 0.898. The maximum Gasteiger partial charge on any atom is 0.240 e. The molecular weight excluding hydrogens is 356 g/mol. The summed E-state index contributed by atoms with van der Waals surface area (Å²) in [5.41, 5.74) is 0.961. The molecule has 1 atom stereocenters. The molecule has 0 unspecified atom stereocenters. The highest BCUT2D eigenvalue weighted by atomic mass is 79.9. The van der Waals surface area contributed by atoms with Crippen molar-refractivity contribution in [3.8, 4) is 0 Å². The van der Waals surface area contributed by atoms with E-state index in [1.54, 1.807) is 0 Å². The van der Waals surface area contributed by atoms with Gasteiger partial charge in [0.15, 0.2) is 9.84 Å². The van der Waals surface area contributed by atoms with Gasteiger partial charge in [0.05, 0.1) is 11.8 Å². The van der Waals surface area contributed by atoms with Crippen LogP contribution in [0.4, 0.5) is 0 Å². The van der Waals surface area contributed by atoms with Gasteiger partial charge in [-0.1, -0.05) is 15.9 Å². The SMILES string of the molecule is O=C(Cn1ccc2cc(Br)ccc21)N[C@H]1C=CS(=O)(=O)C1. The summed E-state index contributed by atoms with van der Waals surface area (Å²) in [6, 6.07) is 7.34. The molecule has 3 rings (SSSR count). The number of nitrogens with one attached hydrogen (secondary N) is 1. The van der Waals surface area contributed by atoms with Crippen molar-refractivity contribution in [2.45, 2.75) is 12.6 Å². The van der Waals surface area contributed by atoms with Crippen LogP contribution in [0.3, 0.4) is 0 Å². The van der Waals surface area contributed by atoms with Crippen LogP contribution in [-0.2, 0) is 21.2 Å². The number of nitrogens with zero attached hydrogens (tertiary/aromatic N) is 1. The van der Waals surface area contributed by atoms with Gasteiger partial charge in [-0.15, -0.1) is 0 Å². The average Bonchev–Trinajstić information content (AvgIpc) is 2.93. The summed E-state index contributed by atoms with van der Waals surface area (Å²) in [4.78, 5) is 12.0. The van der Waals surface area contributed by atoms with Crippen LogP contribution < -0.4 is 5.32 Å². The fraction of sp³-hybridized carbons (Fsp3) is 0.214. The molecule has 110 valence electrons. The Bertz CT molecular complexity index is 839. The molecule has 21 heavy (non-hydrogen) atoms. The van der Waals surface area contributed by atoms with Gasteiger partial charge in [-0.2, -0.15) is 0 Å². The van der Waals surface area contributed by atoms with Gasteiger partial charge in [-0.25, -0.2) is 8.42 Å². The van der Waals surface area contributed by atoms with Crippen LogP contribution in [0.5, 0.6) is 0 Å². The van der Waals surface area contributed by atoms with E-state index in [1.165, 1.54) is 6.08 Å². The van der Waals surface area contributed by atoms with Crippen molar-refractivity contribution in [1.82, 2.24) is 9.88 Å². The van der Waals surface area contributed by atoms with Crippen LogP contribution in [-0.4, -0.2) is 30.7 Å². The molecule has 1 aromatic carbocycles. The van der Waals surface area contributed by atoms with Crippen LogP contribution in [0.25, 0.3) is 10.9 Å². The summed E-state index contributed by atoms with van der Waals surface area (Å²) in [5.74, 6) is -0.264. The number of amides is 1. The van der Waals surface area contributed by atoms with Crippen molar-refractivity contribution in [2.24, 2.45) is 0 Å². The summed E-state index contributed by atoms with van der Waals surface area (Å²) in [5, 5.41) is 4.91. The lowest BCUT2D eigenvalue weighted by atomic mass is 10.2. The van der Waals surface area contributed by atoms with Crippen molar-refractivity contribution >= 4 is 42.6 Å². The third-order valence-electron chi connectivity index (χ3n) is 3.32. The predicted octanol–water partition coefficient (Wildman–Crippen LogP) is 1.83. The second-order valence-electron chi connectivity index (χ2n) is 4.98. The molecule has 0 fully saturated rings. The molecule has 0 saturated heterocycles. The molecule has 1 aliphatic heterocycles. The lowest BCUT2D eigenvalue weighted by Gasteiger charge is -2.11. The molecule has 2 heterocycles. The highest BCUT2D eigenvalue weighted by molar-refractivity contribution is 9.10. The number of aromatic nitrogens is 1. The maximum absolute atomic E-state index is 12.0. The highest BCUT2D eigenvalue weighted by Gasteiger charge is 2.23. The zero-order chi connectivity index (χ0) is 15.0. The first-order valence-corrected chi connectivity index (χ1v) is 8.88. The molecule has 2 aromatic rings. The molecule has 1 aromatic heterocycles. The Balaban J connectivity index is 1.71. The third-order valence-corrected chi connectivity index (χ3v) is 5.21. The Morgan fingerprint density at radius 1 is 1.38 bits per heavy atom. The van der Waals surface area contributed by atoms with Crippen LogP contribution in [0, 0.1) is 0 Å². The standard InChI is InChI=1S/C14H13BrN2O3S/c15-11-1-2-13-10(7-11)3-5-17(13)8-14(18)16-12-4-6-21(19,20)9-12/h1-7,12H,8-9H2,(H,16,18)/t12-/m0/s1. The largest absolute Gasteiger partial charge is 0.347 e. The molecule has 5 nitrogen and oxygen atoms in total. The molecule has 1 N–H and O–H groups in total. The minimum Gasteiger partial charge on any atom is -0.347 e. The van der Waals surface area contributed by atoms with Gasteiger partial charge in [-0.3, -0.25) is 4.79 Å². The minimum atomic E-state index is -3.15. The van der Waals surface area contributed by atoms with Crippen LogP contribution in [0.1, 0.15) is 0 Å². The topological polar surface area (TPSA) is 68.2 Å². The van der Waals surface area contributed by atoms with Gasteiger partial charge in [0.25, 0.3) is 0 Å². The number of carbonyl (C=O) groups is 1. The van der Waals surface area contributed by atoms with Gasteiger partial charge in [0.1, 0.15) is 6.54 Å². The fourth-order valence-electron chi connectivity index (χ4n) is 2.38. The maximum atomic E-state index is 12.0. The Kier molecular flexibility index (Phi) is 3.62. The second-order valence-corrected chi connectivity index (χ2v) is 7.83. The summed E-state index contributed by atoms with van der Waals surface area (Å²) >= 11 is 3.41. The second kappa shape index (κ2) is 5.31. The Hall–Kier alpha value is -1.60. The highest BCUT2D eigenvalue weighted by Crippen LogP contribution is 2.20. The molecule has 0 spiro atoms. The van der Waals surface area contributed by atoms with E-state index in [-0.39, 0.29) is 18.2 Å². The smallest absolute Gasteiger partial charge is 0.240 e. The van der Waals surface area contributed by atoms with E-state index in [0.29, 0.717) is 0 Å². The molecule has 0 saturated carbocycles. The normalized spacial score (nSPS) is 20.0. The molecule has 0 radical (unpaired) electrons. The van der Waals surface area contributed by atoms with E-state index >= 15 is 0 Å². The fourth-order valence-corrected chi connectivity index (χ4v) is 4.00. The van der Waals surface area contributed by atoms with Crippen LogP contribution in [0.2, 0.25) is 0 Å². The Morgan fingerprint density at radius 2 is 2.19 bits per heavy atom. The van der Waals surface area contributed by atoms with Gasteiger partial charge in [0.2, 0.25) is 5.91 Å². The third kappa shape index (κ3) is 3.19. The lowest BCUT2D eigenvalue weighted by molar-refractivity contribution is -0.121. The first kappa shape index (κ1) is 14.3. The first-order valence-electron chi connectivity index (χ1n) is 6.38. The van der Waals surface area contributed by atoms with E-state index < -0.39 is 15.9 Å². The van der Waals surface area contributed by atoms with Crippen LogP contribution in [0.15, 0.2) is 46.4 Å². The number of rotatable bonds is 3. The number of sulfone groups is 1. The lowest BCUT2D eigenvalue weighted by Crippen LogP contribution is -2.37. The van der Waals surface area contributed by atoms with E-state index in [0.717, 1.165) is 20.8 Å².